The molecule has 332 valence electrons. The average Bonchev–Trinajstić information content (AvgIpc) is 3.25. The van der Waals surface area contributed by atoms with Crippen LogP contribution in [-0.2, 0) is 22.6 Å². The molecule has 2 unspecified atom stereocenters. The quantitative estimate of drug-likeness (QED) is 0.0784. The van der Waals surface area contributed by atoms with Gasteiger partial charge >= 0.3 is 0 Å². The van der Waals surface area contributed by atoms with Crippen LogP contribution in [-0.4, -0.2) is 30.3 Å². The van der Waals surface area contributed by atoms with Gasteiger partial charge in [0.1, 0.15) is 0 Å². The molecule has 3 nitrogen and oxygen atoms in total. The van der Waals surface area contributed by atoms with Gasteiger partial charge in [0.15, 0.2) is 0 Å². The molecule has 0 bridgehead atoms. The molecule has 0 aliphatic heterocycles. The number of aliphatic hydroxyl groups excluding tert-OH is 1. The van der Waals surface area contributed by atoms with E-state index in [1.807, 2.05) is 48.5 Å². The third-order valence-corrected chi connectivity index (χ3v) is 9.85. The number of hydrogen-bond donors (Lipinski definition) is 1. The molecule has 1 aromatic rings. The second-order valence-electron chi connectivity index (χ2n) is 13.9. The molecule has 0 radical (unpaired) electrons. The van der Waals surface area contributed by atoms with Gasteiger partial charge in [-0.3, -0.25) is 0 Å². The molecule has 1 aliphatic rings. The molecule has 1 aromatic carbocycles. The van der Waals surface area contributed by atoms with Gasteiger partial charge in [0, 0.05) is 5.88 Å². The maximum absolute atomic E-state index is 8.67. The van der Waals surface area contributed by atoms with Crippen LogP contribution in [0.2, 0.25) is 0 Å². The predicted octanol–water partition coefficient (Wildman–Crippen LogP) is 17.9. The van der Waals surface area contributed by atoms with Crippen LogP contribution in [0, 0.1) is 23.7 Å². The van der Waals surface area contributed by atoms with Crippen LogP contribution < -0.4 is 0 Å². The summed E-state index contributed by atoms with van der Waals surface area (Å²) in [4.78, 5) is 9.54. The number of halogens is 1. The largest absolute Gasteiger partial charge is 0.393 e. The molecule has 1 fully saturated rings. The van der Waals surface area contributed by atoms with Gasteiger partial charge in [-0.2, -0.15) is 0 Å². The SMILES string of the molecule is CC.CC.CCC(C)CCl.CCC(O)CC.CCC1CCC(CC)CC1.CCCC.CCCCC.CCOOCC(C)CC.CCc1ccc(CC)cc1. The Balaban J connectivity index is -0.0000000960. The van der Waals surface area contributed by atoms with E-state index >= 15 is 0 Å². The molecular weight excluding hydrogens is 684 g/mol. The number of aryl methyl sites for hydroxylation is 2. The molecule has 0 amide bonds. The van der Waals surface area contributed by atoms with Crippen molar-refractivity contribution in [2.24, 2.45) is 23.7 Å². The Kier molecular flexibility index (Phi) is 81.1. The summed E-state index contributed by atoms with van der Waals surface area (Å²) in [7, 11) is 0. The number of rotatable bonds is 16. The second-order valence-corrected chi connectivity index (χ2v) is 14.2. The zero-order valence-electron chi connectivity index (χ0n) is 41.0. The molecule has 2 rings (SSSR count). The molecule has 2 atom stereocenters. The smallest absolute Gasteiger partial charge is 0.0847 e. The van der Waals surface area contributed by atoms with Crippen molar-refractivity contribution in [3.8, 4) is 0 Å². The fourth-order valence-electron chi connectivity index (χ4n) is 4.18. The number of alkyl halides is 1. The van der Waals surface area contributed by atoms with Crippen molar-refractivity contribution >= 4 is 11.6 Å². The summed E-state index contributed by atoms with van der Waals surface area (Å²) in [6, 6.07) is 8.83. The summed E-state index contributed by atoms with van der Waals surface area (Å²) >= 11 is 5.45. The summed E-state index contributed by atoms with van der Waals surface area (Å²) in [5, 5.41) is 8.67. The lowest BCUT2D eigenvalue weighted by molar-refractivity contribution is -0.297. The number of benzene rings is 1. The highest BCUT2D eigenvalue weighted by atomic mass is 35.5. The van der Waals surface area contributed by atoms with Crippen LogP contribution in [0.5, 0.6) is 0 Å². The lowest BCUT2D eigenvalue weighted by Gasteiger charge is -2.26. The normalized spacial score (nSPS) is 14.7. The van der Waals surface area contributed by atoms with Crippen molar-refractivity contribution in [3.05, 3.63) is 35.4 Å². The molecule has 1 aliphatic carbocycles. The maximum Gasteiger partial charge on any atom is 0.0847 e. The fourth-order valence-corrected chi connectivity index (χ4v) is 4.39. The molecule has 4 heteroatoms. The Morgan fingerprint density at radius 1 is 0.556 bits per heavy atom. The average molecular weight is 792 g/mol. The van der Waals surface area contributed by atoms with E-state index in [0.717, 1.165) is 49.8 Å². The van der Waals surface area contributed by atoms with Crippen molar-refractivity contribution < 1.29 is 14.9 Å². The Morgan fingerprint density at radius 2 is 0.907 bits per heavy atom. The van der Waals surface area contributed by atoms with Gasteiger partial charge in [0.05, 0.1) is 19.3 Å². The number of unbranched alkanes of at least 4 members (excludes halogenated alkanes) is 3. The second kappa shape index (κ2) is 64.3. The molecule has 1 N–H and O–H groups in total. The first-order chi connectivity index (χ1) is 26.0. The van der Waals surface area contributed by atoms with Gasteiger partial charge in [-0.1, -0.05) is 232 Å². The minimum Gasteiger partial charge on any atom is -0.393 e. The van der Waals surface area contributed by atoms with Crippen LogP contribution in [0.15, 0.2) is 24.3 Å². The van der Waals surface area contributed by atoms with Crippen LogP contribution >= 0.6 is 11.6 Å². The van der Waals surface area contributed by atoms with Crippen LogP contribution in [0.3, 0.4) is 0 Å². The van der Waals surface area contributed by atoms with Gasteiger partial charge in [0.2, 0.25) is 0 Å². The van der Waals surface area contributed by atoms with Gasteiger partial charge in [-0.15, -0.1) is 11.6 Å². The van der Waals surface area contributed by atoms with E-state index in [-0.39, 0.29) is 6.10 Å². The lowest BCUT2D eigenvalue weighted by atomic mass is 9.80. The minimum atomic E-state index is -0.0648. The third kappa shape index (κ3) is 63.3. The number of hydrogen-bond acceptors (Lipinski definition) is 3. The molecule has 0 aromatic heterocycles. The Bertz CT molecular complexity index is 616. The van der Waals surface area contributed by atoms with Gasteiger partial charge in [0.25, 0.3) is 0 Å². The van der Waals surface area contributed by atoms with Crippen LogP contribution in [0.25, 0.3) is 0 Å². The molecule has 54 heavy (non-hydrogen) atoms. The summed E-state index contributed by atoms with van der Waals surface area (Å²) in [6.45, 7) is 41.6. The lowest BCUT2D eigenvalue weighted by Crippen LogP contribution is -2.12. The van der Waals surface area contributed by atoms with E-state index in [2.05, 4.69) is 107 Å². The van der Waals surface area contributed by atoms with Gasteiger partial charge in [-0.25, -0.2) is 9.78 Å². The highest BCUT2D eigenvalue weighted by molar-refractivity contribution is 6.18. The predicted molar refractivity (Wildman–Crippen MR) is 254 cm³/mol. The fraction of sp³-hybridized carbons (Fsp3) is 0.880. The van der Waals surface area contributed by atoms with E-state index in [1.54, 1.807) is 0 Å². The van der Waals surface area contributed by atoms with Crippen molar-refractivity contribution in [3.63, 3.8) is 0 Å². The monoisotopic (exact) mass is 791 g/mol. The van der Waals surface area contributed by atoms with Crippen LogP contribution in [0.4, 0.5) is 0 Å². The van der Waals surface area contributed by atoms with Crippen molar-refractivity contribution in [1.82, 2.24) is 0 Å². The van der Waals surface area contributed by atoms with Crippen molar-refractivity contribution in [2.75, 3.05) is 19.1 Å². The highest BCUT2D eigenvalue weighted by Gasteiger charge is 2.17. The first-order valence-electron chi connectivity index (χ1n) is 23.5. The topological polar surface area (TPSA) is 38.7 Å². The highest BCUT2D eigenvalue weighted by Crippen LogP contribution is 2.31. The number of aliphatic hydroxyl groups is 1. The standard InChI is InChI=1S/C10H20.C10H14.C7H16O2.C5H11Cl.C5H12O.C5H12.C4H10.2C2H6/c2*1-3-9-5-7-10(4-2)8-6-9;1-4-7(3)6-9-8-5-2;1-3-5(2)4-6;1-3-5(6)4-2;1-3-5-4-2;1-3-4-2;2*1-2/h9-10H,3-8H2,1-2H3;5-8H,3-4H2,1-2H3;7H,4-6H2,1-3H3;5H,3-4H2,1-2H3;5-6H,3-4H2,1-2H3;3-5H2,1-2H3;3-4H2,1-2H3;2*1-2H3. The summed E-state index contributed by atoms with van der Waals surface area (Å²) in [5.41, 5.74) is 2.86. The molecule has 1 saturated carbocycles. The van der Waals surface area contributed by atoms with Crippen molar-refractivity contribution in [2.45, 2.75) is 247 Å². The summed E-state index contributed by atoms with van der Waals surface area (Å²) in [6.07, 6.45) is 21.9. The minimum absolute atomic E-state index is 0.0648. The maximum atomic E-state index is 8.67. The molecule has 0 spiro atoms. The molecular formula is C50H107ClO3. The van der Waals surface area contributed by atoms with E-state index < -0.39 is 0 Å². The zero-order chi connectivity index (χ0) is 43.4. The van der Waals surface area contributed by atoms with E-state index in [1.165, 1.54) is 88.2 Å². The third-order valence-electron chi connectivity index (χ3n) is 9.32. The summed E-state index contributed by atoms with van der Waals surface area (Å²) < 4.78 is 0. The van der Waals surface area contributed by atoms with E-state index in [9.17, 15) is 0 Å². The molecule has 0 saturated heterocycles. The van der Waals surface area contributed by atoms with Crippen molar-refractivity contribution in [1.29, 1.82) is 0 Å². The van der Waals surface area contributed by atoms with Crippen LogP contribution in [0.1, 0.15) is 239 Å². The Labute approximate surface area is 350 Å². The Hall–Kier alpha value is -0.610. The van der Waals surface area contributed by atoms with Gasteiger partial charge < -0.3 is 5.11 Å². The first-order valence-corrected chi connectivity index (χ1v) is 24.1. The summed E-state index contributed by atoms with van der Waals surface area (Å²) in [5.74, 6) is 4.25. The first kappa shape index (κ1) is 68.1. The van der Waals surface area contributed by atoms with Gasteiger partial charge in [-0.05, 0) is 67.4 Å². The van der Waals surface area contributed by atoms with E-state index in [0.29, 0.717) is 25.0 Å². The molecule has 0 heterocycles. The van der Waals surface area contributed by atoms with E-state index in [4.69, 9.17) is 26.5 Å². The Morgan fingerprint density at radius 3 is 1.06 bits per heavy atom. The zero-order valence-corrected chi connectivity index (χ0v) is 41.7.